The number of phenols is 2. The number of aromatic hydroxyl groups is 2. The van der Waals surface area contributed by atoms with Crippen LogP contribution < -0.4 is 10.1 Å². The van der Waals surface area contributed by atoms with Crippen LogP contribution in [0.15, 0.2) is 72.8 Å². The van der Waals surface area contributed by atoms with Crippen LogP contribution >= 0.6 is 0 Å². The van der Waals surface area contributed by atoms with E-state index in [1.165, 1.54) is 55.3 Å². The number of ether oxygens (including phenoxy) is 3. The van der Waals surface area contributed by atoms with Gasteiger partial charge in [-0.25, -0.2) is 4.79 Å². The summed E-state index contributed by atoms with van der Waals surface area (Å²) in [7, 11) is 9.21. The Morgan fingerprint density at radius 2 is 1.09 bits per heavy atom. The van der Waals surface area contributed by atoms with Gasteiger partial charge < -0.3 is 39.5 Å². The number of hydrogen-bond donors (Lipinski definition) is 3. The Morgan fingerprint density at radius 1 is 0.638 bits per heavy atom. The summed E-state index contributed by atoms with van der Waals surface area (Å²) in [6, 6.07) is 15.6. The van der Waals surface area contributed by atoms with Crippen LogP contribution in [0.2, 0.25) is 0 Å². The van der Waals surface area contributed by atoms with Gasteiger partial charge in [0.1, 0.15) is 41.4 Å². The predicted molar refractivity (Wildman–Crippen MR) is 219 cm³/mol. The molecule has 0 aromatic heterocycles. The number of nitrogens with one attached hydrogen (secondary N) is 1. The highest BCUT2D eigenvalue weighted by atomic mass is 16.6. The van der Waals surface area contributed by atoms with Crippen molar-refractivity contribution in [2.75, 3.05) is 42.4 Å². The quantitative estimate of drug-likeness (QED) is 0.141. The molecular weight excluding hydrogens is 745 g/mol. The number of phenolic OH excluding ortho intramolecular Hbond substituents is 2. The fraction of sp³-hybridized carbons (Fsp3) is 0.477. The van der Waals surface area contributed by atoms with E-state index in [4.69, 9.17) is 14.2 Å². The third-order valence-corrected chi connectivity index (χ3v) is 10.5. The molecule has 14 nitrogen and oxygen atoms in total. The first-order chi connectivity index (χ1) is 27.4. The molecule has 0 radical (unpaired) electrons. The van der Waals surface area contributed by atoms with Gasteiger partial charge in [-0.2, -0.15) is 0 Å². The lowest BCUT2D eigenvalue weighted by Gasteiger charge is -2.36. The zero-order valence-electron chi connectivity index (χ0n) is 35.3. The predicted octanol–water partition coefficient (Wildman–Crippen LogP) is 3.99. The molecule has 0 heterocycles. The standard InChI is InChI=1S/C44H60N4O10/c1-11-28(4)39(58-44(55)36(46(5)6)25-31-16-22-34(56-9)23-17-31)40(51)45-38(27(2)3)42(53)47(7)35(24-29-12-18-32(49)19-13-29)41(52)48(8)37(43(54)57-10)26-30-14-20-33(50)21-15-30/h12-23,27-28,35-39,49-50H,11,24-26H2,1-10H3,(H,45,51)/t28-,35+,36+,37+,38+,39+/m1/s1. The van der Waals surface area contributed by atoms with E-state index < -0.39 is 71.8 Å². The van der Waals surface area contributed by atoms with Crippen molar-refractivity contribution in [3.05, 3.63) is 89.5 Å². The molecule has 0 spiro atoms. The van der Waals surface area contributed by atoms with Gasteiger partial charge in [-0.05, 0) is 85.9 Å². The van der Waals surface area contributed by atoms with Crippen molar-refractivity contribution in [2.24, 2.45) is 11.8 Å². The number of esters is 2. The topological polar surface area (TPSA) is 175 Å². The highest BCUT2D eigenvalue weighted by Crippen LogP contribution is 2.22. The smallest absolute Gasteiger partial charge is 0.328 e. The zero-order valence-corrected chi connectivity index (χ0v) is 35.3. The van der Waals surface area contributed by atoms with Crippen LogP contribution in [0.5, 0.6) is 17.2 Å². The number of nitrogens with zero attached hydrogens (tertiary/aromatic N) is 3. The summed E-state index contributed by atoms with van der Waals surface area (Å²) in [5.41, 5.74) is 2.15. The summed E-state index contributed by atoms with van der Waals surface area (Å²) in [5, 5.41) is 22.6. The number of benzene rings is 3. The summed E-state index contributed by atoms with van der Waals surface area (Å²) in [4.78, 5) is 74.2. The average molecular weight is 805 g/mol. The van der Waals surface area contributed by atoms with Gasteiger partial charge in [0.15, 0.2) is 6.10 Å². The summed E-state index contributed by atoms with van der Waals surface area (Å²) < 4.78 is 16.3. The van der Waals surface area contributed by atoms with Crippen LogP contribution in [0.4, 0.5) is 0 Å². The fourth-order valence-electron chi connectivity index (χ4n) is 6.43. The molecule has 0 saturated heterocycles. The van der Waals surface area contributed by atoms with Crippen LogP contribution in [0.25, 0.3) is 0 Å². The van der Waals surface area contributed by atoms with Gasteiger partial charge in [0.2, 0.25) is 11.8 Å². The number of likely N-dealkylation sites (N-methyl/N-ethyl adjacent to an activating group) is 3. The van der Waals surface area contributed by atoms with Gasteiger partial charge in [0, 0.05) is 32.9 Å². The summed E-state index contributed by atoms with van der Waals surface area (Å²) in [6.45, 7) is 7.18. The van der Waals surface area contributed by atoms with E-state index in [9.17, 15) is 34.2 Å². The van der Waals surface area contributed by atoms with Crippen molar-refractivity contribution in [3.8, 4) is 17.2 Å². The Labute approximate surface area is 342 Å². The summed E-state index contributed by atoms with van der Waals surface area (Å²) >= 11 is 0. The molecule has 0 bridgehead atoms. The highest BCUT2D eigenvalue weighted by Gasteiger charge is 2.40. The minimum Gasteiger partial charge on any atom is -0.508 e. The van der Waals surface area contributed by atoms with E-state index in [1.54, 1.807) is 83.3 Å². The maximum absolute atomic E-state index is 14.5. The van der Waals surface area contributed by atoms with E-state index in [0.717, 1.165) is 5.56 Å². The molecule has 6 atom stereocenters. The largest absolute Gasteiger partial charge is 0.508 e. The second-order valence-electron chi connectivity index (χ2n) is 15.2. The van der Waals surface area contributed by atoms with Crippen molar-refractivity contribution in [2.45, 2.75) is 83.6 Å². The van der Waals surface area contributed by atoms with Crippen LogP contribution in [-0.2, 0) is 52.7 Å². The Hall–Kier alpha value is -5.63. The summed E-state index contributed by atoms with van der Waals surface area (Å²) in [5.74, 6) is -3.22. The molecule has 0 aliphatic heterocycles. The van der Waals surface area contributed by atoms with Crippen molar-refractivity contribution in [1.29, 1.82) is 0 Å². The van der Waals surface area contributed by atoms with Gasteiger partial charge in [0.25, 0.3) is 5.91 Å². The molecule has 3 N–H and O–H groups in total. The minimum absolute atomic E-state index is 0.00475. The first kappa shape index (κ1) is 46.8. The van der Waals surface area contributed by atoms with Crippen LogP contribution in [0.1, 0.15) is 50.8 Å². The number of carbonyl (C=O) groups is 5. The molecule has 0 aliphatic carbocycles. The fourth-order valence-corrected chi connectivity index (χ4v) is 6.43. The molecule has 0 fully saturated rings. The lowest BCUT2D eigenvalue weighted by Crippen LogP contribution is -2.59. The lowest BCUT2D eigenvalue weighted by atomic mass is 9.96. The minimum atomic E-state index is -1.23. The number of rotatable bonds is 20. The molecule has 3 amide bonds. The number of hydrogen-bond acceptors (Lipinski definition) is 11. The normalized spacial score (nSPS) is 14.3. The average Bonchev–Trinajstić information content (AvgIpc) is 3.21. The molecule has 3 aromatic carbocycles. The zero-order chi connectivity index (χ0) is 43.3. The van der Waals surface area contributed by atoms with E-state index in [1.807, 2.05) is 19.1 Å². The Kier molecular flexibility index (Phi) is 17.5. The van der Waals surface area contributed by atoms with Gasteiger partial charge in [-0.15, -0.1) is 0 Å². The molecule has 316 valence electrons. The monoisotopic (exact) mass is 804 g/mol. The van der Waals surface area contributed by atoms with Gasteiger partial charge in [0.05, 0.1) is 14.2 Å². The molecule has 0 unspecified atom stereocenters. The second kappa shape index (κ2) is 21.8. The van der Waals surface area contributed by atoms with Crippen LogP contribution in [-0.4, -0.2) is 127 Å². The van der Waals surface area contributed by atoms with Crippen molar-refractivity contribution in [3.63, 3.8) is 0 Å². The number of methoxy groups -OCH3 is 2. The summed E-state index contributed by atoms with van der Waals surface area (Å²) in [6.07, 6.45) is -0.341. The third-order valence-electron chi connectivity index (χ3n) is 10.5. The van der Waals surface area contributed by atoms with E-state index in [2.05, 4.69) is 5.32 Å². The maximum Gasteiger partial charge on any atom is 0.328 e. The van der Waals surface area contributed by atoms with Gasteiger partial charge in [-0.1, -0.05) is 64.1 Å². The molecule has 58 heavy (non-hydrogen) atoms. The molecule has 3 aromatic rings. The van der Waals surface area contributed by atoms with E-state index >= 15 is 0 Å². The first-order valence-corrected chi connectivity index (χ1v) is 19.4. The Morgan fingerprint density at radius 3 is 1.52 bits per heavy atom. The SMILES string of the molecule is CC[C@@H](C)[C@H](OC(=O)[C@H](Cc1ccc(OC)cc1)N(C)C)C(=O)N[C@H](C(=O)N(C)[C@@H](Cc1ccc(O)cc1)C(=O)N(C)[C@@H](Cc1ccc(O)cc1)C(=O)OC)C(C)C. The van der Waals surface area contributed by atoms with Crippen molar-refractivity contribution in [1.82, 2.24) is 20.0 Å². The molecule has 0 saturated carbocycles. The van der Waals surface area contributed by atoms with Crippen LogP contribution in [0, 0.1) is 11.8 Å². The highest BCUT2D eigenvalue weighted by molar-refractivity contribution is 5.95. The number of amides is 3. The third kappa shape index (κ3) is 12.7. The molecule has 14 heteroatoms. The maximum atomic E-state index is 14.5. The molecule has 3 rings (SSSR count). The van der Waals surface area contributed by atoms with Crippen molar-refractivity contribution < 1.29 is 48.4 Å². The molecular formula is C44H60N4O10. The first-order valence-electron chi connectivity index (χ1n) is 19.4. The van der Waals surface area contributed by atoms with Crippen molar-refractivity contribution >= 4 is 29.7 Å². The Bertz CT molecular complexity index is 1820. The van der Waals surface area contributed by atoms with E-state index in [0.29, 0.717) is 29.7 Å². The van der Waals surface area contributed by atoms with Crippen LogP contribution in [0.3, 0.4) is 0 Å². The van der Waals surface area contributed by atoms with E-state index in [-0.39, 0.29) is 24.3 Å². The lowest BCUT2D eigenvalue weighted by molar-refractivity contribution is -0.164. The Balaban J connectivity index is 1.92. The number of carbonyl (C=O) groups excluding carboxylic acids is 5. The molecule has 0 aliphatic rings. The van der Waals surface area contributed by atoms with Gasteiger partial charge >= 0.3 is 11.9 Å². The van der Waals surface area contributed by atoms with Gasteiger partial charge in [-0.3, -0.25) is 24.1 Å². The second-order valence-corrected chi connectivity index (χ2v) is 15.2.